The molecule has 0 aliphatic carbocycles. The van der Waals surface area contributed by atoms with Gasteiger partial charge < -0.3 is 10.1 Å². The maximum absolute atomic E-state index is 5.24. The number of hydrazone groups is 1. The van der Waals surface area contributed by atoms with Crippen LogP contribution in [0.2, 0.25) is 0 Å². The van der Waals surface area contributed by atoms with Crippen LogP contribution in [-0.4, -0.2) is 18.4 Å². The summed E-state index contributed by atoms with van der Waals surface area (Å²) in [6.07, 6.45) is 5.44. The van der Waals surface area contributed by atoms with Gasteiger partial charge in [0.2, 0.25) is 0 Å². The van der Waals surface area contributed by atoms with Crippen molar-refractivity contribution >= 4 is 35.3 Å². The van der Waals surface area contributed by atoms with E-state index in [1.807, 2.05) is 66.7 Å². The molecule has 112 valence electrons. The van der Waals surface area contributed by atoms with Crippen LogP contribution in [0, 0.1) is 0 Å². The van der Waals surface area contributed by atoms with Crippen molar-refractivity contribution in [2.45, 2.75) is 0 Å². The highest BCUT2D eigenvalue weighted by molar-refractivity contribution is 7.80. The van der Waals surface area contributed by atoms with E-state index in [-0.39, 0.29) is 0 Å². The predicted octanol–water partition coefficient (Wildman–Crippen LogP) is 3.68. The Kier molecular flexibility index (Phi) is 6.14. The Morgan fingerprint density at radius 1 is 1.09 bits per heavy atom. The van der Waals surface area contributed by atoms with Crippen LogP contribution in [0.1, 0.15) is 5.56 Å². The number of nitrogens with zero attached hydrogens (tertiary/aromatic N) is 1. The molecule has 0 heterocycles. The molecule has 0 bridgehead atoms. The monoisotopic (exact) mass is 311 g/mol. The number of hydrogen-bond acceptors (Lipinski definition) is 3. The van der Waals surface area contributed by atoms with Gasteiger partial charge in [-0.2, -0.15) is 5.10 Å². The van der Waals surface area contributed by atoms with Gasteiger partial charge >= 0.3 is 0 Å². The minimum atomic E-state index is 0.397. The lowest BCUT2D eigenvalue weighted by Gasteiger charge is -2.10. The van der Waals surface area contributed by atoms with Crippen molar-refractivity contribution in [3.63, 3.8) is 0 Å². The summed E-state index contributed by atoms with van der Waals surface area (Å²) in [5.41, 5.74) is 4.66. The molecular formula is C17H17N3OS. The van der Waals surface area contributed by atoms with Crippen LogP contribution in [0.5, 0.6) is 5.75 Å². The van der Waals surface area contributed by atoms with Gasteiger partial charge in [-0.1, -0.05) is 48.5 Å². The third-order valence-corrected chi connectivity index (χ3v) is 2.96. The highest BCUT2D eigenvalue weighted by atomic mass is 32.1. The first kappa shape index (κ1) is 15.7. The Balaban J connectivity index is 1.82. The van der Waals surface area contributed by atoms with Crippen molar-refractivity contribution in [2.24, 2.45) is 5.10 Å². The Labute approximate surface area is 135 Å². The zero-order chi connectivity index (χ0) is 15.6. The first-order valence-electron chi connectivity index (χ1n) is 6.74. The van der Waals surface area contributed by atoms with E-state index in [0.717, 1.165) is 17.0 Å². The number of allylic oxidation sites excluding steroid dienone is 1. The van der Waals surface area contributed by atoms with Gasteiger partial charge in [-0.05, 0) is 36.0 Å². The Morgan fingerprint density at radius 2 is 1.82 bits per heavy atom. The second-order valence-electron chi connectivity index (χ2n) is 4.31. The molecule has 5 heteroatoms. The SMILES string of the molecule is COc1ccccc1NC(=S)N/N=C/C=C/c1ccccc1. The highest BCUT2D eigenvalue weighted by Crippen LogP contribution is 2.22. The molecule has 0 unspecified atom stereocenters. The third kappa shape index (κ3) is 5.03. The van der Waals surface area contributed by atoms with Crippen molar-refractivity contribution in [3.05, 3.63) is 66.2 Å². The van der Waals surface area contributed by atoms with E-state index < -0.39 is 0 Å². The van der Waals surface area contributed by atoms with Crippen molar-refractivity contribution < 1.29 is 4.74 Å². The summed E-state index contributed by atoms with van der Waals surface area (Å²) in [7, 11) is 1.61. The van der Waals surface area contributed by atoms with Gasteiger partial charge in [0.05, 0.1) is 12.8 Å². The second kappa shape index (κ2) is 8.59. The van der Waals surface area contributed by atoms with Gasteiger partial charge in [0.15, 0.2) is 5.11 Å². The van der Waals surface area contributed by atoms with Crippen LogP contribution in [0.25, 0.3) is 6.08 Å². The number of nitrogens with one attached hydrogen (secondary N) is 2. The van der Waals surface area contributed by atoms with Crippen molar-refractivity contribution in [2.75, 3.05) is 12.4 Å². The zero-order valence-corrected chi connectivity index (χ0v) is 13.0. The maximum atomic E-state index is 5.24. The molecule has 2 rings (SSSR count). The molecular weight excluding hydrogens is 294 g/mol. The molecule has 4 nitrogen and oxygen atoms in total. The van der Waals surface area contributed by atoms with Crippen molar-refractivity contribution in [3.8, 4) is 5.75 Å². The number of hydrogen-bond donors (Lipinski definition) is 2. The minimum absolute atomic E-state index is 0.397. The summed E-state index contributed by atoms with van der Waals surface area (Å²) in [6.45, 7) is 0. The third-order valence-electron chi connectivity index (χ3n) is 2.77. The summed E-state index contributed by atoms with van der Waals surface area (Å²) in [5.74, 6) is 0.722. The zero-order valence-electron chi connectivity index (χ0n) is 12.2. The maximum Gasteiger partial charge on any atom is 0.191 e. The molecule has 0 aliphatic heterocycles. The van der Waals surface area contributed by atoms with E-state index in [4.69, 9.17) is 17.0 Å². The van der Waals surface area contributed by atoms with E-state index in [0.29, 0.717) is 5.11 Å². The van der Waals surface area contributed by atoms with Crippen molar-refractivity contribution in [1.29, 1.82) is 0 Å². The summed E-state index contributed by atoms with van der Waals surface area (Å²) >= 11 is 5.17. The lowest BCUT2D eigenvalue weighted by molar-refractivity contribution is 0.417. The van der Waals surface area contributed by atoms with E-state index in [9.17, 15) is 0 Å². The molecule has 0 spiro atoms. The van der Waals surface area contributed by atoms with Crippen LogP contribution in [0.15, 0.2) is 65.8 Å². The first-order chi connectivity index (χ1) is 10.8. The van der Waals surface area contributed by atoms with Gasteiger partial charge in [0, 0.05) is 6.21 Å². The Hall–Kier alpha value is -2.66. The lowest BCUT2D eigenvalue weighted by atomic mass is 10.2. The van der Waals surface area contributed by atoms with Crippen LogP contribution in [-0.2, 0) is 0 Å². The predicted molar refractivity (Wildman–Crippen MR) is 96.3 cm³/mol. The number of ether oxygens (including phenoxy) is 1. The fraction of sp³-hybridized carbons (Fsp3) is 0.0588. The van der Waals surface area contributed by atoms with Gasteiger partial charge in [-0.25, -0.2) is 0 Å². The smallest absolute Gasteiger partial charge is 0.191 e. The van der Waals surface area contributed by atoms with Gasteiger partial charge in [-0.3, -0.25) is 5.43 Å². The van der Waals surface area contributed by atoms with Crippen LogP contribution in [0.3, 0.4) is 0 Å². The van der Waals surface area contributed by atoms with E-state index in [1.54, 1.807) is 13.3 Å². The number of para-hydroxylation sites is 2. The molecule has 0 fully saturated rings. The molecule has 0 saturated carbocycles. The molecule has 0 radical (unpaired) electrons. The van der Waals surface area contributed by atoms with Gasteiger partial charge in [0.1, 0.15) is 5.75 Å². The highest BCUT2D eigenvalue weighted by Gasteiger charge is 2.02. The summed E-state index contributed by atoms with van der Waals surface area (Å²) in [4.78, 5) is 0. The molecule has 0 aromatic heterocycles. The van der Waals surface area contributed by atoms with Gasteiger partial charge in [0.25, 0.3) is 0 Å². The quantitative estimate of drug-likeness (QED) is 0.502. The lowest BCUT2D eigenvalue weighted by Crippen LogP contribution is -2.23. The van der Waals surface area contributed by atoms with Crippen LogP contribution >= 0.6 is 12.2 Å². The number of benzene rings is 2. The molecule has 2 aromatic rings. The molecule has 0 aliphatic rings. The largest absolute Gasteiger partial charge is 0.495 e. The average Bonchev–Trinajstić information content (AvgIpc) is 2.56. The van der Waals surface area contributed by atoms with E-state index in [1.165, 1.54) is 0 Å². The van der Waals surface area contributed by atoms with Crippen LogP contribution < -0.4 is 15.5 Å². The van der Waals surface area contributed by atoms with E-state index >= 15 is 0 Å². The number of rotatable bonds is 5. The molecule has 2 aromatic carbocycles. The second-order valence-corrected chi connectivity index (χ2v) is 4.72. The molecule has 0 amide bonds. The standard InChI is InChI=1S/C17H17N3OS/c1-21-16-12-6-5-11-15(16)19-17(22)20-18-13-7-10-14-8-3-2-4-9-14/h2-13H,1H3,(H2,19,20,22)/b10-7+,18-13+. The molecule has 22 heavy (non-hydrogen) atoms. The van der Waals surface area contributed by atoms with Crippen LogP contribution in [0.4, 0.5) is 5.69 Å². The fourth-order valence-corrected chi connectivity index (χ4v) is 1.92. The van der Waals surface area contributed by atoms with Gasteiger partial charge in [-0.15, -0.1) is 0 Å². The molecule has 2 N–H and O–H groups in total. The average molecular weight is 311 g/mol. The topological polar surface area (TPSA) is 45.6 Å². The first-order valence-corrected chi connectivity index (χ1v) is 7.15. The molecule has 0 saturated heterocycles. The number of thiocarbonyl (C=S) groups is 1. The molecule has 0 atom stereocenters. The Morgan fingerprint density at radius 3 is 2.59 bits per heavy atom. The number of anilines is 1. The summed E-state index contributed by atoms with van der Waals surface area (Å²) < 4.78 is 5.24. The Bertz CT molecular complexity index is 669. The summed E-state index contributed by atoms with van der Waals surface area (Å²) in [5, 5.41) is 7.46. The van der Waals surface area contributed by atoms with E-state index in [2.05, 4.69) is 15.8 Å². The summed E-state index contributed by atoms with van der Waals surface area (Å²) in [6, 6.07) is 17.5. The fourth-order valence-electron chi connectivity index (χ4n) is 1.76. The normalized spacial score (nSPS) is 10.8. The van der Waals surface area contributed by atoms with Crippen molar-refractivity contribution in [1.82, 2.24) is 5.43 Å². The minimum Gasteiger partial charge on any atom is -0.495 e. The number of methoxy groups -OCH3 is 1.